The molecule has 0 aliphatic heterocycles. The van der Waals surface area contributed by atoms with Gasteiger partial charge in [-0.05, 0) is 31.2 Å². The van der Waals surface area contributed by atoms with Gasteiger partial charge >= 0.3 is 0 Å². The lowest BCUT2D eigenvalue weighted by Gasteiger charge is -2.09. The maximum atomic E-state index is 12.2. The minimum absolute atomic E-state index is 0.202. The van der Waals surface area contributed by atoms with Gasteiger partial charge in [0.05, 0.1) is 10.8 Å². The highest BCUT2D eigenvalue weighted by Gasteiger charge is 2.24. The molecule has 1 aliphatic rings. The van der Waals surface area contributed by atoms with Gasteiger partial charge in [-0.15, -0.1) is 21.5 Å². The number of thiophene rings is 1. The first-order chi connectivity index (χ1) is 11.0. The number of nitrogens with zero attached hydrogens (tertiary/aromatic N) is 2. The van der Waals surface area contributed by atoms with Crippen molar-refractivity contribution in [2.24, 2.45) is 5.73 Å². The standard InChI is InChI=1S/C13H15N5O2S3/c1-6(10(20)16-11-8(9(14)19)4-5-21-11)22-13-18-17-12(23-13)15-7-2-3-7/h4-7H,2-3H2,1H3,(H2,14,19)(H,15,17)(H,16,20). The van der Waals surface area contributed by atoms with E-state index in [0.717, 1.165) is 9.47 Å². The van der Waals surface area contributed by atoms with Crippen LogP contribution in [0.3, 0.4) is 0 Å². The lowest BCUT2D eigenvalue weighted by Crippen LogP contribution is -2.23. The summed E-state index contributed by atoms with van der Waals surface area (Å²) in [6.07, 6.45) is 2.34. The molecule has 3 rings (SSSR count). The van der Waals surface area contributed by atoms with E-state index in [9.17, 15) is 9.59 Å². The fourth-order valence-corrected chi connectivity index (χ4v) is 4.50. The first-order valence-corrected chi connectivity index (χ1v) is 9.55. The van der Waals surface area contributed by atoms with Gasteiger partial charge in [0, 0.05) is 6.04 Å². The zero-order valence-corrected chi connectivity index (χ0v) is 14.7. The molecule has 0 spiro atoms. The van der Waals surface area contributed by atoms with Crippen molar-refractivity contribution in [3.8, 4) is 0 Å². The molecule has 1 unspecified atom stereocenters. The monoisotopic (exact) mass is 369 g/mol. The molecule has 23 heavy (non-hydrogen) atoms. The van der Waals surface area contributed by atoms with Gasteiger partial charge in [-0.3, -0.25) is 9.59 Å². The van der Waals surface area contributed by atoms with Gasteiger partial charge in [0.25, 0.3) is 5.91 Å². The van der Waals surface area contributed by atoms with E-state index in [2.05, 4.69) is 20.8 Å². The van der Waals surface area contributed by atoms with E-state index in [1.165, 1.54) is 47.3 Å². The number of nitrogens with two attached hydrogens (primary N) is 1. The van der Waals surface area contributed by atoms with Crippen molar-refractivity contribution in [2.75, 3.05) is 10.6 Å². The number of hydrogen-bond acceptors (Lipinski definition) is 8. The molecule has 1 fully saturated rings. The number of rotatable bonds is 7. The minimum atomic E-state index is -0.554. The van der Waals surface area contributed by atoms with Crippen molar-refractivity contribution in [1.29, 1.82) is 0 Å². The topological polar surface area (TPSA) is 110 Å². The van der Waals surface area contributed by atoms with E-state index in [1.54, 1.807) is 18.4 Å². The summed E-state index contributed by atoms with van der Waals surface area (Å²) in [6, 6.07) is 2.12. The number of primary amides is 1. The molecule has 2 heterocycles. The highest BCUT2D eigenvalue weighted by molar-refractivity contribution is 8.02. The molecule has 2 amide bonds. The number of carbonyl (C=O) groups is 2. The quantitative estimate of drug-likeness (QED) is 0.647. The van der Waals surface area contributed by atoms with Crippen LogP contribution in [0.5, 0.6) is 0 Å². The predicted molar refractivity (Wildman–Crippen MR) is 93.3 cm³/mol. The summed E-state index contributed by atoms with van der Waals surface area (Å²) >= 11 is 4.05. The maximum absolute atomic E-state index is 12.2. The smallest absolute Gasteiger partial charge is 0.251 e. The Morgan fingerprint density at radius 3 is 2.91 bits per heavy atom. The number of nitrogens with one attached hydrogen (secondary N) is 2. The SMILES string of the molecule is CC(Sc1nnc(NC2CC2)s1)C(=O)Nc1sccc1C(N)=O. The Morgan fingerprint density at radius 1 is 1.43 bits per heavy atom. The third-order valence-electron chi connectivity index (χ3n) is 3.13. The van der Waals surface area contributed by atoms with Crippen molar-refractivity contribution in [2.45, 2.75) is 35.4 Å². The zero-order chi connectivity index (χ0) is 16.4. The minimum Gasteiger partial charge on any atom is -0.366 e. The van der Waals surface area contributed by atoms with Gasteiger partial charge in [-0.25, -0.2) is 0 Å². The number of hydrogen-bond donors (Lipinski definition) is 3. The fourth-order valence-electron chi connectivity index (χ4n) is 1.74. The number of carbonyl (C=O) groups excluding carboxylic acids is 2. The summed E-state index contributed by atoms with van der Waals surface area (Å²) in [6.45, 7) is 1.78. The predicted octanol–water partition coefficient (Wildman–Crippen LogP) is 2.39. The van der Waals surface area contributed by atoms with Gasteiger partial charge in [0.1, 0.15) is 5.00 Å². The van der Waals surface area contributed by atoms with Gasteiger partial charge in [-0.1, -0.05) is 23.1 Å². The van der Waals surface area contributed by atoms with Crippen LogP contribution in [0.4, 0.5) is 10.1 Å². The van der Waals surface area contributed by atoms with Gasteiger partial charge in [0.2, 0.25) is 11.0 Å². The second-order valence-corrected chi connectivity index (χ2v) is 8.55. The summed E-state index contributed by atoms with van der Waals surface area (Å²) in [7, 11) is 0. The maximum Gasteiger partial charge on any atom is 0.251 e. The van der Waals surface area contributed by atoms with Crippen LogP contribution in [-0.2, 0) is 4.79 Å². The van der Waals surface area contributed by atoms with Crippen LogP contribution in [0.2, 0.25) is 0 Å². The molecule has 10 heteroatoms. The van der Waals surface area contributed by atoms with Crippen LogP contribution >= 0.6 is 34.4 Å². The molecule has 1 atom stereocenters. The van der Waals surface area contributed by atoms with Crippen molar-refractivity contribution in [3.63, 3.8) is 0 Å². The number of amides is 2. The van der Waals surface area contributed by atoms with Crippen molar-refractivity contribution in [1.82, 2.24) is 10.2 Å². The Kier molecular flexibility index (Phi) is 4.83. The summed E-state index contributed by atoms with van der Waals surface area (Å²) in [4.78, 5) is 23.5. The summed E-state index contributed by atoms with van der Waals surface area (Å²) in [5.74, 6) is -0.756. The molecule has 122 valence electrons. The molecule has 7 nitrogen and oxygen atoms in total. The second-order valence-electron chi connectivity index (χ2n) is 5.07. The zero-order valence-electron chi connectivity index (χ0n) is 12.2. The normalized spacial score (nSPS) is 15.2. The van der Waals surface area contributed by atoms with E-state index in [4.69, 9.17) is 5.73 Å². The average Bonchev–Trinajstić information content (AvgIpc) is 3.00. The summed E-state index contributed by atoms with van der Waals surface area (Å²) < 4.78 is 0.733. The van der Waals surface area contributed by atoms with Gasteiger partial charge < -0.3 is 16.4 Å². The summed E-state index contributed by atoms with van der Waals surface area (Å²) in [5.41, 5.74) is 5.60. The Labute approximate surface area is 145 Å². The third-order valence-corrected chi connectivity index (χ3v) is 5.99. The number of anilines is 2. The summed E-state index contributed by atoms with van der Waals surface area (Å²) in [5, 5.41) is 16.8. The number of thioether (sulfide) groups is 1. The average molecular weight is 369 g/mol. The Morgan fingerprint density at radius 2 is 2.22 bits per heavy atom. The highest BCUT2D eigenvalue weighted by Crippen LogP contribution is 2.32. The molecule has 0 aromatic carbocycles. The lowest BCUT2D eigenvalue weighted by molar-refractivity contribution is -0.115. The molecular weight excluding hydrogens is 354 g/mol. The van der Waals surface area contributed by atoms with E-state index >= 15 is 0 Å². The molecule has 1 aliphatic carbocycles. The van der Waals surface area contributed by atoms with Crippen molar-refractivity contribution in [3.05, 3.63) is 17.0 Å². The van der Waals surface area contributed by atoms with E-state index in [0.29, 0.717) is 16.6 Å². The fraction of sp³-hybridized carbons (Fsp3) is 0.385. The van der Waals surface area contributed by atoms with E-state index in [1.807, 2.05) is 0 Å². The Hall–Kier alpha value is -1.65. The first-order valence-electron chi connectivity index (χ1n) is 6.98. The molecule has 2 aromatic heterocycles. The van der Waals surface area contributed by atoms with E-state index in [-0.39, 0.29) is 11.2 Å². The molecule has 0 radical (unpaired) electrons. The van der Waals surface area contributed by atoms with Crippen LogP contribution in [0.25, 0.3) is 0 Å². The first kappa shape index (κ1) is 16.2. The van der Waals surface area contributed by atoms with Crippen LogP contribution in [0.1, 0.15) is 30.1 Å². The van der Waals surface area contributed by atoms with Gasteiger partial charge in [-0.2, -0.15) is 0 Å². The third kappa shape index (κ3) is 4.21. The molecule has 1 saturated carbocycles. The van der Waals surface area contributed by atoms with E-state index < -0.39 is 5.91 Å². The van der Waals surface area contributed by atoms with Crippen molar-refractivity contribution < 1.29 is 9.59 Å². The largest absolute Gasteiger partial charge is 0.366 e. The molecular formula is C13H15N5O2S3. The van der Waals surface area contributed by atoms with Crippen LogP contribution in [-0.4, -0.2) is 33.3 Å². The van der Waals surface area contributed by atoms with Crippen LogP contribution in [0, 0.1) is 0 Å². The molecule has 0 saturated heterocycles. The Bertz CT molecular complexity index is 725. The van der Waals surface area contributed by atoms with Gasteiger partial charge in [0.15, 0.2) is 4.34 Å². The second kappa shape index (κ2) is 6.85. The molecule has 2 aromatic rings. The lowest BCUT2D eigenvalue weighted by atomic mass is 10.3. The van der Waals surface area contributed by atoms with Crippen LogP contribution in [0.15, 0.2) is 15.8 Å². The Balaban J connectivity index is 1.57. The van der Waals surface area contributed by atoms with Crippen molar-refractivity contribution >= 4 is 56.4 Å². The highest BCUT2D eigenvalue weighted by atomic mass is 32.2. The molecule has 4 N–H and O–H groups in total. The van der Waals surface area contributed by atoms with Crippen LogP contribution < -0.4 is 16.4 Å². The number of aromatic nitrogens is 2. The molecule has 0 bridgehead atoms.